The van der Waals surface area contributed by atoms with Crippen LogP contribution < -0.4 is 10.5 Å². The van der Waals surface area contributed by atoms with Gasteiger partial charge in [0.25, 0.3) is 0 Å². The molecule has 29 heavy (non-hydrogen) atoms. The molecule has 0 atom stereocenters. The van der Waals surface area contributed by atoms with Crippen LogP contribution in [-0.4, -0.2) is 15.0 Å². The largest absolute Gasteiger partial charge is 0.385 e. The molecule has 0 bridgehead atoms. The van der Waals surface area contributed by atoms with Crippen LogP contribution in [0.3, 0.4) is 0 Å². The minimum Gasteiger partial charge on any atom is -0.385 e. The molecule has 0 unspecified atom stereocenters. The van der Waals surface area contributed by atoms with E-state index in [9.17, 15) is 13.7 Å². The number of nitrogens with one attached hydrogen (secondary N) is 1. The molecule has 1 heterocycles. The lowest BCUT2D eigenvalue weighted by Crippen LogP contribution is -2.17. The van der Waals surface area contributed by atoms with Gasteiger partial charge in [0.1, 0.15) is 0 Å². The highest BCUT2D eigenvalue weighted by Gasteiger charge is 2.20. The van der Waals surface area contributed by atoms with Gasteiger partial charge in [0.15, 0.2) is 0 Å². The Morgan fingerprint density at radius 3 is 2.45 bits per heavy atom. The number of aryl methyl sites for hydroxylation is 2. The number of hydrogen-bond donors (Lipinski definition) is 2. The zero-order chi connectivity index (χ0) is 21.2. The van der Waals surface area contributed by atoms with Crippen molar-refractivity contribution in [2.75, 3.05) is 11.9 Å². The first kappa shape index (κ1) is 21.4. The van der Waals surface area contributed by atoms with Gasteiger partial charge in [-0.25, -0.2) is 13.6 Å². The smallest absolute Gasteiger partial charge is 0.238 e. The lowest BCUT2D eigenvalue weighted by Gasteiger charge is -2.22. The monoisotopic (exact) mass is 411 g/mol. The summed E-state index contributed by atoms with van der Waals surface area (Å²) in [6.07, 6.45) is 5.64. The zero-order valence-corrected chi connectivity index (χ0v) is 18.2. The topological polar surface area (TPSA) is 96.0 Å². The summed E-state index contributed by atoms with van der Waals surface area (Å²) in [5.41, 5.74) is 8.02. The maximum atomic E-state index is 12.0. The highest BCUT2D eigenvalue weighted by atomic mass is 32.2. The van der Waals surface area contributed by atoms with Crippen molar-refractivity contribution < 1.29 is 8.42 Å². The minimum absolute atomic E-state index is 0.257. The summed E-state index contributed by atoms with van der Waals surface area (Å²) in [6.45, 7) is 6.65. The van der Waals surface area contributed by atoms with Crippen molar-refractivity contribution in [1.82, 2.24) is 0 Å². The Morgan fingerprint density at radius 1 is 1.10 bits per heavy atom. The summed E-state index contributed by atoms with van der Waals surface area (Å²) >= 11 is 0. The highest BCUT2D eigenvalue weighted by molar-refractivity contribution is 7.89. The molecule has 0 saturated heterocycles. The molecule has 5 nitrogen and oxygen atoms in total. The second-order valence-electron chi connectivity index (χ2n) is 7.96. The number of nitriles is 1. The van der Waals surface area contributed by atoms with Crippen LogP contribution in [0.25, 0.3) is 0 Å². The molecule has 0 saturated carbocycles. The standard InChI is InChI=1S/C23H29N3O2S/c1-15-13-16(2)23(29(25,27)28)17(3)19(15)7-4-5-8-20-18(14-24)10-11-22-21(20)9-6-12-26-22/h10-11,13,26H,4-9,12H2,1-3H3,(H2,25,27,28). The van der Waals surface area contributed by atoms with Gasteiger partial charge in [-0.3, -0.25) is 0 Å². The molecule has 0 fully saturated rings. The van der Waals surface area contributed by atoms with Gasteiger partial charge in [-0.05, 0) is 105 Å². The third-order valence-electron chi connectivity index (χ3n) is 5.92. The van der Waals surface area contributed by atoms with Gasteiger partial charge in [-0.2, -0.15) is 5.26 Å². The van der Waals surface area contributed by atoms with Gasteiger partial charge in [0.05, 0.1) is 16.5 Å². The molecule has 154 valence electrons. The van der Waals surface area contributed by atoms with Crippen LogP contribution in [0.1, 0.15) is 58.2 Å². The van der Waals surface area contributed by atoms with Crippen LogP contribution in [0.5, 0.6) is 0 Å². The van der Waals surface area contributed by atoms with E-state index in [1.54, 1.807) is 6.92 Å². The minimum atomic E-state index is -3.74. The number of sulfonamides is 1. The predicted octanol–water partition coefficient (Wildman–Crippen LogP) is 4.05. The third kappa shape index (κ3) is 4.47. The van der Waals surface area contributed by atoms with Crippen molar-refractivity contribution in [2.45, 2.75) is 64.2 Å². The van der Waals surface area contributed by atoms with Crippen molar-refractivity contribution in [1.29, 1.82) is 5.26 Å². The normalized spacial score (nSPS) is 13.5. The predicted molar refractivity (Wildman–Crippen MR) is 117 cm³/mol. The molecule has 6 heteroatoms. The Kier molecular flexibility index (Phi) is 6.30. The van der Waals surface area contributed by atoms with E-state index in [2.05, 4.69) is 11.4 Å². The fraction of sp³-hybridized carbons (Fsp3) is 0.435. The van der Waals surface area contributed by atoms with Gasteiger partial charge in [-0.15, -0.1) is 0 Å². The Labute approximate surface area is 174 Å². The Morgan fingerprint density at radius 2 is 1.79 bits per heavy atom. The van der Waals surface area contributed by atoms with Crippen molar-refractivity contribution >= 4 is 15.7 Å². The maximum absolute atomic E-state index is 12.0. The van der Waals surface area contributed by atoms with Crippen LogP contribution in [0.2, 0.25) is 0 Å². The molecule has 0 radical (unpaired) electrons. The number of benzene rings is 2. The summed E-state index contributed by atoms with van der Waals surface area (Å²) < 4.78 is 24.0. The molecule has 3 rings (SSSR count). The van der Waals surface area contributed by atoms with Crippen molar-refractivity contribution in [2.24, 2.45) is 5.14 Å². The number of nitrogens with zero attached hydrogens (tertiary/aromatic N) is 1. The first-order chi connectivity index (χ1) is 13.7. The van der Waals surface area contributed by atoms with Crippen LogP contribution in [0, 0.1) is 32.1 Å². The number of fused-ring (bicyclic) bond motifs is 1. The summed E-state index contributed by atoms with van der Waals surface area (Å²) in [5.74, 6) is 0. The first-order valence-corrected chi connectivity index (χ1v) is 11.7. The Balaban J connectivity index is 1.77. The fourth-order valence-corrected chi connectivity index (χ4v) is 5.71. The fourth-order valence-electron chi connectivity index (χ4n) is 4.65. The molecule has 1 aliphatic heterocycles. The van der Waals surface area contributed by atoms with E-state index in [1.165, 1.54) is 11.1 Å². The van der Waals surface area contributed by atoms with E-state index in [-0.39, 0.29) is 4.90 Å². The molecule has 3 N–H and O–H groups in total. The lowest BCUT2D eigenvalue weighted by atomic mass is 9.89. The molecule has 1 aliphatic rings. The van der Waals surface area contributed by atoms with Crippen LogP contribution in [0.15, 0.2) is 23.1 Å². The maximum Gasteiger partial charge on any atom is 0.238 e. The number of primary sulfonamides is 1. The van der Waals surface area contributed by atoms with Gasteiger partial charge >= 0.3 is 0 Å². The number of unbranched alkanes of at least 4 members (excludes halogenated alkanes) is 1. The van der Waals surface area contributed by atoms with Crippen molar-refractivity contribution in [3.63, 3.8) is 0 Å². The molecule has 2 aromatic rings. The van der Waals surface area contributed by atoms with Gasteiger partial charge in [-0.1, -0.05) is 6.07 Å². The second kappa shape index (κ2) is 8.56. The molecule has 0 spiro atoms. The van der Waals surface area contributed by atoms with E-state index >= 15 is 0 Å². The van der Waals surface area contributed by atoms with Crippen molar-refractivity contribution in [3.8, 4) is 6.07 Å². The van der Waals surface area contributed by atoms with Crippen LogP contribution in [0.4, 0.5) is 5.69 Å². The molecule has 2 aromatic carbocycles. The molecule has 0 aromatic heterocycles. The van der Waals surface area contributed by atoms with Gasteiger partial charge < -0.3 is 5.32 Å². The SMILES string of the molecule is Cc1cc(C)c(S(N)(=O)=O)c(C)c1CCCCc1c(C#N)ccc2c1CCCN2. The zero-order valence-electron chi connectivity index (χ0n) is 17.4. The third-order valence-corrected chi connectivity index (χ3v) is 7.12. The summed E-state index contributed by atoms with van der Waals surface area (Å²) in [4.78, 5) is 0.257. The lowest BCUT2D eigenvalue weighted by molar-refractivity contribution is 0.596. The van der Waals surface area contributed by atoms with E-state index in [0.29, 0.717) is 5.56 Å². The Hall–Kier alpha value is -2.36. The highest BCUT2D eigenvalue weighted by Crippen LogP contribution is 2.30. The number of hydrogen-bond acceptors (Lipinski definition) is 4. The molecular formula is C23H29N3O2S. The summed E-state index contributed by atoms with van der Waals surface area (Å²) in [5, 5.41) is 18.4. The van der Waals surface area contributed by atoms with Crippen LogP contribution >= 0.6 is 0 Å². The molecular weight excluding hydrogens is 382 g/mol. The molecule has 0 aliphatic carbocycles. The average Bonchev–Trinajstić information content (AvgIpc) is 2.65. The van der Waals surface area contributed by atoms with E-state index in [0.717, 1.165) is 73.0 Å². The number of rotatable bonds is 6. The summed E-state index contributed by atoms with van der Waals surface area (Å²) in [7, 11) is -3.74. The van der Waals surface area contributed by atoms with Crippen LogP contribution in [-0.2, 0) is 29.3 Å². The average molecular weight is 412 g/mol. The Bertz CT molecular complexity index is 1080. The number of anilines is 1. The van der Waals surface area contributed by atoms with Gasteiger partial charge in [0.2, 0.25) is 10.0 Å². The summed E-state index contributed by atoms with van der Waals surface area (Å²) in [6, 6.07) is 8.19. The number of nitrogens with two attached hydrogens (primary N) is 1. The molecule has 0 amide bonds. The second-order valence-corrected chi connectivity index (χ2v) is 9.45. The quantitative estimate of drug-likeness (QED) is 0.701. The van der Waals surface area contributed by atoms with E-state index in [1.807, 2.05) is 32.0 Å². The van der Waals surface area contributed by atoms with Crippen molar-refractivity contribution in [3.05, 3.63) is 57.1 Å². The first-order valence-electron chi connectivity index (χ1n) is 10.1. The van der Waals surface area contributed by atoms with Gasteiger partial charge in [0, 0.05) is 12.2 Å². The van der Waals surface area contributed by atoms with E-state index in [4.69, 9.17) is 5.14 Å². The van der Waals surface area contributed by atoms with E-state index < -0.39 is 10.0 Å².